The Bertz CT molecular complexity index is 7270. The fourth-order valence-corrected chi connectivity index (χ4v) is 14.2. The van der Waals surface area contributed by atoms with Crippen LogP contribution in [0.15, 0.2) is 170 Å². The third kappa shape index (κ3) is 25.4. The lowest BCUT2D eigenvalue weighted by atomic mass is 9.92. The van der Waals surface area contributed by atoms with Crippen LogP contribution in [0.2, 0.25) is 0 Å². The number of carboxylic acids is 8. The molecular weight excluding hydrogens is 1910 g/mol. The van der Waals surface area contributed by atoms with Crippen LogP contribution >= 0.6 is 0 Å². The van der Waals surface area contributed by atoms with E-state index in [1.807, 2.05) is 12.1 Å². The third-order valence-electron chi connectivity index (χ3n) is 21.3. The molecule has 8 aliphatic rings. The summed E-state index contributed by atoms with van der Waals surface area (Å²) in [5, 5.41) is 73.1. The molecule has 0 saturated carbocycles. The molecule has 10 aromatic rings. The molecule has 10 aromatic carbocycles. The number of fused-ring (bicyclic) bond motifs is 12. The molecule has 8 N–H and O–H groups in total. The Morgan fingerprint density at radius 2 is 0.681 bits per heavy atom. The van der Waals surface area contributed by atoms with Gasteiger partial charge in [0.1, 0.15) is 6.10 Å². The highest BCUT2D eigenvalue weighted by Gasteiger charge is 2.40. The molecular formula is C98H68O46. The van der Waals surface area contributed by atoms with Crippen molar-refractivity contribution >= 4 is 193 Å². The maximum absolute atomic E-state index is 12.0. The number of benzene rings is 10. The van der Waals surface area contributed by atoms with E-state index in [0.717, 1.165) is 17.5 Å². The fraction of sp³-hybridized carbons (Fsp3) is 0.173. The summed E-state index contributed by atoms with van der Waals surface area (Å²) in [5.41, 5.74) is 2.21. The minimum atomic E-state index is -1.31. The molecule has 736 valence electrons. The Balaban J connectivity index is 0.000000158. The Kier molecular flexibility index (Phi) is 33.1. The molecule has 0 bridgehead atoms. The van der Waals surface area contributed by atoms with Crippen LogP contribution in [-0.2, 0) is 90.5 Å². The zero-order valence-corrected chi connectivity index (χ0v) is 73.8. The van der Waals surface area contributed by atoms with Crippen LogP contribution in [0.25, 0.3) is 32.3 Å². The van der Waals surface area contributed by atoms with Gasteiger partial charge in [0.25, 0.3) is 0 Å². The first-order valence-electron chi connectivity index (χ1n) is 41.9. The first-order valence-corrected chi connectivity index (χ1v) is 41.9. The zero-order valence-electron chi connectivity index (χ0n) is 73.8. The molecule has 0 radical (unpaired) electrons. The molecule has 2 fully saturated rings. The van der Waals surface area contributed by atoms with Gasteiger partial charge in [0, 0.05) is 12.8 Å². The second-order valence-corrected chi connectivity index (χ2v) is 31.0. The average molecular weight is 1980 g/mol. The number of carbonyl (C=O) groups excluding carboxylic acids is 19. The van der Waals surface area contributed by atoms with Gasteiger partial charge in [-0.3, -0.25) is 33.6 Å². The number of unbranched alkanes of at least 4 members (excludes halogenated alkanes) is 2. The molecule has 0 spiro atoms. The van der Waals surface area contributed by atoms with Crippen molar-refractivity contribution < 1.29 is 222 Å². The number of aromatic carboxylic acids is 4. The van der Waals surface area contributed by atoms with Crippen LogP contribution in [0, 0.1) is 5.92 Å². The molecule has 144 heavy (non-hydrogen) atoms. The molecule has 2 saturated heterocycles. The SMILES string of the molecule is CC(CC(=O)O)OC(=O)c1ccc2c(c1)C(=O)OC2=O.CC(OC(=O)c1ccc2c(c1)C(=O)OC2=O)C(=O)O.O=C(O)CCCC1CC(=O)OC1=O.O=C(O)CCCCCOC(=O)c1ccc2c(c1)C(=O)OC2=O.O=C(O)c1ccc2c(c1)C(=O)OC2=O.O=C(O)c1ccc2c(c1)c1c(c3ccccc32)C(=O)OC1=O.O=C(O)c1ccc2cc3c(cc2c1)C(=O)OC3=O.O=C1CC(c2ccc(C(=O)O)cc2)C(=O)O1. The quantitative estimate of drug-likeness (QED) is 0.00969. The summed E-state index contributed by atoms with van der Waals surface area (Å²) in [5.74, 6) is -22.9. The van der Waals surface area contributed by atoms with E-state index in [0.29, 0.717) is 64.6 Å². The van der Waals surface area contributed by atoms with E-state index in [1.165, 1.54) is 135 Å². The number of esters is 19. The van der Waals surface area contributed by atoms with E-state index < -0.39 is 185 Å². The van der Waals surface area contributed by atoms with Crippen LogP contribution < -0.4 is 0 Å². The Morgan fingerprint density at radius 3 is 1.12 bits per heavy atom. The smallest absolute Gasteiger partial charge is 0.347 e. The van der Waals surface area contributed by atoms with Crippen LogP contribution in [0.3, 0.4) is 0 Å². The highest BCUT2D eigenvalue weighted by molar-refractivity contribution is 6.31. The van der Waals surface area contributed by atoms with Crippen LogP contribution in [0.4, 0.5) is 0 Å². The van der Waals surface area contributed by atoms with Crippen molar-refractivity contribution in [3.8, 4) is 0 Å². The second-order valence-electron chi connectivity index (χ2n) is 31.0. The van der Waals surface area contributed by atoms with Crippen LogP contribution in [-0.4, -0.2) is 221 Å². The fourth-order valence-electron chi connectivity index (χ4n) is 14.2. The van der Waals surface area contributed by atoms with Gasteiger partial charge >= 0.3 is 161 Å². The molecule has 46 nitrogen and oxygen atoms in total. The lowest BCUT2D eigenvalue weighted by Crippen LogP contribution is -2.23. The van der Waals surface area contributed by atoms with Gasteiger partial charge in [0.2, 0.25) is 0 Å². The highest BCUT2D eigenvalue weighted by Crippen LogP contribution is 2.39. The normalized spacial score (nSPS) is 15.1. The van der Waals surface area contributed by atoms with E-state index in [1.54, 1.807) is 24.3 Å². The maximum Gasteiger partial charge on any atom is 0.347 e. The van der Waals surface area contributed by atoms with Crippen molar-refractivity contribution in [1.82, 2.24) is 0 Å². The predicted octanol–water partition coefficient (Wildman–Crippen LogP) is 10.3. The number of aliphatic carboxylic acids is 4. The summed E-state index contributed by atoms with van der Waals surface area (Å²) < 4.78 is 50.0. The molecule has 18 rings (SSSR count). The Morgan fingerprint density at radius 1 is 0.312 bits per heavy atom. The van der Waals surface area contributed by atoms with Crippen LogP contribution in [0.1, 0.15) is 286 Å². The predicted molar refractivity (Wildman–Crippen MR) is 469 cm³/mol. The van der Waals surface area contributed by atoms with Gasteiger partial charge in [-0.1, -0.05) is 48.5 Å². The van der Waals surface area contributed by atoms with E-state index in [-0.39, 0.29) is 144 Å². The van der Waals surface area contributed by atoms with E-state index in [9.17, 15) is 129 Å². The lowest BCUT2D eigenvalue weighted by Gasteiger charge is -2.11. The number of ether oxygens (including phenoxy) is 11. The number of carbonyl (C=O) groups is 27. The molecule has 4 unspecified atom stereocenters. The largest absolute Gasteiger partial charge is 0.481 e. The van der Waals surface area contributed by atoms with Gasteiger partial charge in [-0.05, 0) is 205 Å². The molecule has 0 aromatic heterocycles. The van der Waals surface area contributed by atoms with E-state index >= 15 is 0 Å². The van der Waals surface area contributed by atoms with Crippen LogP contribution in [0.5, 0.6) is 0 Å². The monoisotopic (exact) mass is 1980 g/mol. The summed E-state index contributed by atoms with van der Waals surface area (Å²) >= 11 is 0. The number of rotatable bonds is 23. The summed E-state index contributed by atoms with van der Waals surface area (Å²) in [6.45, 7) is 2.81. The molecule has 0 aliphatic carbocycles. The summed E-state index contributed by atoms with van der Waals surface area (Å²) in [6, 6.07) is 40.2. The van der Waals surface area contributed by atoms with Crippen molar-refractivity contribution in [1.29, 1.82) is 0 Å². The van der Waals surface area contributed by atoms with Crippen molar-refractivity contribution in [2.75, 3.05) is 6.61 Å². The van der Waals surface area contributed by atoms with Gasteiger partial charge < -0.3 is 93.0 Å². The Labute approximate surface area is 802 Å². The number of hydrogen-bond acceptors (Lipinski definition) is 38. The summed E-state index contributed by atoms with van der Waals surface area (Å²) in [6.07, 6.45) is 0.345. The zero-order chi connectivity index (χ0) is 105. The molecule has 8 heterocycles. The van der Waals surface area contributed by atoms with Gasteiger partial charge in [0.15, 0.2) is 6.10 Å². The highest BCUT2D eigenvalue weighted by atomic mass is 16.6. The average Bonchev–Trinajstić information content (AvgIpc) is 1.60. The molecule has 8 aliphatic heterocycles. The number of hydrogen-bond donors (Lipinski definition) is 8. The molecule has 0 amide bonds. The molecule has 4 atom stereocenters. The minimum absolute atomic E-state index is 0.00432. The van der Waals surface area contributed by atoms with E-state index in [2.05, 4.69) is 37.9 Å². The standard InChI is InChI=1S/C17H8O5.C15H14O7.C13H10O7.C13H6O5.C12H8O7.C11H8O5.C9H4O5.C8H10O5/c18-15(19)8-5-6-10-9-3-1-2-4-11(9)13-14(12(10)7-8)17(21)22-16(13)20;16-12(17)4-2-1-3-7-21-13(18)9-5-6-10-11(8-9)15(20)22-14(10)19;1-6(4-10(14)15)19-11(16)7-2-3-8-9(5-7)13(18)20-12(8)17;14-11(15)7-2-1-6-4-9-10(5-8(6)3-7)13(17)18-12(9)16;1-5(9(13)14)18-10(15)6-2-3-7-8(4-6)12(17)19-11(7)16;12-9-5-8(11(15)16-9)6-1-3-7(4-2-6)10(13)14;10-7(11)4-1-2-5-6(3-4)9(13)14-8(5)12;9-6(10)3-1-2-5-4-7(11)13-8(5)12/h1-7H,(H,18,19);5-6,8H,1-4,7H2,(H,16,17);2-3,5-6H,4H2,1H3,(H,14,15);1-5H,(H,14,15);2-5H,1H3,(H,13,14);1-4,8H,5H2,(H,13,14);1-3H,(H,10,11);5H,1-4H2,(H,9,10). The van der Waals surface area contributed by atoms with Crippen molar-refractivity contribution in [2.24, 2.45) is 5.92 Å². The lowest BCUT2D eigenvalue weighted by molar-refractivity contribution is -0.154. The maximum atomic E-state index is 12.0. The number of carboxylic acid groups (broad SMARTS) is 8. The van der Waals surface area contributed by atoms with Gasteiger partial charge in [-0.15, -0.1) is 0 Å². The second kappa shape index (κ2) is 45.5. The van der Waals surface area contributed by atoms with Gasteiger partial charge in [0.05, 0.1) is 143 Å². The summed E-state index contributed by atoms with van der Waals surface area (Å²) in [4.78, 5) is 300. The molecule has 46 heteroatoms. The van der Waals surface area contributed by atoms with Crippen molar-refractivity contribution in [3.63, 3.8) is 0 Å². The topological polar surface area (TPSA) is 724 Å². The van der Waals surface area contributed by atoms with E-state index in [4.69, 9.17) is 55.1 Å². The van der Waals surface area contributed by atoms with Gasteiger partial charge in [-0.2, -0.15) is 0 Å². The van der Waals surface area contributed by atoms with Crippen molar-refractivity contribution in [2.45, 2.75) is 96.2 Å². The van der Waals surface area contributed by atoms with Crippen molar-refractivity contribution in [3.05, 3.63) is 281 Å². The summed E-state index contributed by atoms with van der Waals surface area (Å²) in [7, 11) is 0. The van der Waals surface area contributed by atoms with Gasteiger partial charge in [-0.25, -0.2) is 95.9 Å². The minimum Gasteiger partial charge on any atom is -0.481 e. The first-order chi connectivity index (χ1) is 68.2. The third-order valence-corrected chi connectivity index (χ3v) is 21.3. The first kappa shape index (κ1) is 105. The Hall–Kier alpha value is -19.7. The number of cyclic esters (lactones) is 16.